The second kappa shape index (κ2) is 4.67. The molecule has 3 aliphatic rings. The number of hydrogen-bond acceptors (Lipinski definition) is 1. The minimum atomic E-state index is -1.44. The number of nitrogens with zero attached hydrogens (tertiary/aromatic N) is 2. The molecule has 0 bridgehead atoms. The number of hydrogen-bond donors (Lipinski definition) is 0. The van der Waals surface area contributed by atoms with E-state index in [4.69, 9.17) is 0 Å². The van der Waals surface area contributed by atoms with Gasteiger partial charge >= 0.3 is 0 Å². The Balaban J connectivity index is 1.94. The van der Waals surface area contributed by atoms with Gasteiger partial charge in [0.25, 0.3) is 0 Å². The van der Waals surface area contributed by atoms with Crippen LogP contribution in [0.2, 0.25) is 0 Å². The molecule has 2 aliphatic carbocycles. The fraction of sp³-hybridized carbons (Fsp3) is 0.647. The van der Waals surface area contributed by atoms with E-state index in [9.17, 15) is 8.78 Å². The third-order valence-electron chi connectivity index (χ3n) is 5.55. The monoisotopic (exact) mass is 292 g/mol. The van der Waals surface area contributed by atoms with Crippen LogP contribution in [-0.4, -0.2) is 35.8 Å². The van der Waals surface area contributed by atoms with Gasteiger partial charge in [0.2, 0.25) is 0 Å². The average Bonchev–Trinajstić information content (AvgIpc) is 2.73. The van der Waals surface area contributed by atoms with Crippen molar-refractivity contribution in [2.24, 2.45) is 0 Å². The molecule has 0 aromatic carbocycles. The van der Waals surface area contributed by atoms with E-state index in [0.29, 0.717) is 17.2 Å². The van der Waals surface area contributed by atoms with E-state index in [1.165, 1.54) is 6.42 Å². The van der Waals surface area contributed by atoms with E-state index in [0.717, 1.165) is 42.3 Å². The highest BCUT2D eigenvalue weighted by molar-refractivity contribution is 5.59. The molecule has 0 saturated heterocycles. The first-order chi connectivity index (χ1) is 10.1. The Bertz CT molecular complexity index is 697. The maximum Gasteiger partial charge on any atom is 0.156 e. The lowest BCUT2D eigenvalue weighted by Crippen LogP contribution is -2.47. The van der Waals surface area contributed by atoms with Gasteiger partial charge < -0.3 is 9.47 Å². The molecule has 21 heavy (non-hydrogen) atoms. The van der Waals surface area contributed by atoms with Gasteiger partial charge in [0, 0.05) is 30.4 Å². The Morgan fingerprint density at radius 1 is 1.24 bits per heavy atom. The highest BCUT2D eigenvalue weighted by atomic mass is 19.2. The fourth-order valence-electron chi connectivity index (χ4n) is 4.04. The molecule has 0 spiro atoms. The van der Waals surface area contributed by atoms with E-state index in [-0.39, 0.29) is 6.42 Å². The number of rotatable bonds is 2. The molecule has 1 aromatic heterocycles. The highest BCUT2D eigenvalue weighted by Crippen LogP contribution is 2.36. The lowest BCUT2D eigenvalue weighted by Gasteiger charge is -2.31. The first kappa shape index (κ1) is 13.5. The minimum Gasteiger partial charge on any atom is -0.346 e. The van der Waals surface area contributed by atoms with E-state index in [1.807, 2.05) is 0 Å². The van der Waals surface area contributed by atoms with Gasteiger partial charge in [-0.3, -0.25) is 0 Å². The van der Waals surface area contributed by atoms with Crippen LogP contribution in [0.25, 0.3) is 11.4 Å². The van der Waals surface area contributed by atoms with E-state index >= 15 is 0 Å². The largest absolute Gasteiger partial charge is 0.346 e. The third kappa shape index (κ3) is 1.91. The molecule has 1 fully saturated rings. The predicted molar refractivity (Wildman–Crippen MR) is 79.8 cm³/mol. The summed E-state index contributed by atoms with van der Waals surface area (Å²) in [4.78, 5) is 2.19. The molecule has 2 nitrogen and oxygen atoms in total. The number of likely N-dealkylation sites (N-methyl/N-ethyl adjacent to an activating group) is 1. The van der Waals surface area contributed by atoms with Crippen molar-refractivity contribution in [3.63, 3.8) is 0 Å². The number of alkyl halides is 1. The van der Waals surface area contributed by atoms with Crippen molar-refractivity contribution in [2.45, 2.75) is 56.8 Å². The lowest BCUT2D eigenvalue weighted by molar-refractivity contribution is 0.254. The van der Waals surface area contributed by atoms with Gasteiger partial charge in [-0.25, -0.2) is 8.78 Å². The SMILES string of the molecule is CN(C)C1CC2=c3c(c(C4CCC4)cn3C1)=C(F)C(F)C2. The molecule has 4 rings (SSSR count). The van der Waals surface area contributed by atoms with E-state index in [1.54, 1.807) is 0 Å². The van der Waals surface area contributed by atoms with Gasteiger partial charge in [-0.2, -0.15) is 0 Å². The van der Waals surface area contributed by atoms with Crippen LogP contribution >= 0.6 is 0 Å². The van der Waals surface area contributed by atoms with Gasteiger partial charge in [-0.15, -0.1) is 0 Å². The maximum absolute atomic E-state index is 14.5. The zero-order valence-corrected chi connectivity index (χ0v) is 12.7. The molecule has 1 aromatic rings. The molecule has 1 saturated carbocycles. The average molecular weight is 292 g/mol. The van der Waals surface area contributed by atoms with Crippen LogP contribution < -0.4 is 10.6 Å². The van der Waals surface area contributed by atoms with Crippen LogP contribution in [0.4, 0.5) is 8.78 Å². The van der Waals surface area contributed by atoms with Crippen molar-refractivity contribution in [1.29, 1.82) is 0 Å². The van der Waals surface area contributed by atoms with Crippen molar-refractivity contribution in [3.8, 4) is 0 Å². The van der Waals surface area contributed by atoms with Crippen LogP contribution in [0, 0.1) is 0 Å². The molecular formula is C17H22F2N2. The number of halogens is 2. The summed E-state index contributed by atoms with van der Waals surface area (Å²) in [7, 11) is 4.13. The second-order valence-electron chi connectivity index (χ2n) is 7.03. The van der Waals surface area contributed by atoms with Crippen molar-refractivity contribution in [2.75, 3.05) is 14.1 Å². The summed E-state index contributed by atoms with van der Waals surface area (Å²) in [5.74, 6) is -0.0779. The molecule has 4 heteroatoms. The summed E-state index contributed by atoms with van der Waals surface area (Å²) in [6, 6.07) is 0.385. The summed E-state index contributed by atoms with van der Waals surface area (Å²) >= 11 is 0. The first-order valence-electron chi connectivity index (χ1n) is 7.97. The standard InChI is InChI=1S/C17H22F2N2/c1-20(2)12-6-11-7-14(18)16(19)15-13(10-4-3-5-10)9-21(8-12)17(11)15/h9-10,12,14H,3-8H2,1-2H3. The van der Waals surface area contributed by atoms with Crippen LogP contribution in [0.15, 0.2) is 6.20 Å². The minimum absolute atomic E-state index is 0.233. The molecular weight excluding hydrogens is 270 g/mol. The third-order valence-corrected chi connectivity index (χ3v) is 5.55. The Kier molecular flexibility index (Phi) is 3.00. The summed E-state index contributed by atoms with van der Waals surface area (Å²) in [5.41, 5.74) is 2.17. The Morgan fingerprint density at radius 2 is 2.00 bits per heavy atom. The number of aromatic nitrogens is 1. The van der Waals surface area contributed by atoms with E-state index < -0.39 is 12.0 Å². The van der Waals surface area contributed by atoms with Gasteiger partial charge in [0.1, 0.15) is 5.83 Å². The zero-order valence-electron chi connectivity index (χ0n) is 12.7. The van der Waals surface area contributed by atoms with Gasteiger partial charge in [0.05, 0.1) is 5.35 Å². The van der Waals surface area contributed by atoms with Crippen LogP contribution in [0.3, 0.4) is 0 Å². The maximum atomic E-state index is 14.5. The second-order valence-corrected chi connectivity index (χ2v) is 7.03. The Morgan fingerprint density at radius 3 is 2.62 bits per heavy atom. The predicted octanol–water partition coefficient (Wildman–Crippen LogP) is 2.06. The summed E-state index contributed by atoms with van der Waals surface area (Å²) in [5, 5.41) is 1.62. The van der Waals surface area contributed by atoms with Crippen molar-refractivity contribution in [1.82, 2.24) is 9.47 Å². The smallest absolute Gasteiger partial charge is 0.156 e. The van der Waals surface area contributed by atoms with Gasteiger partial charge in [-0.05, 0) is 50.4 Å². The Hall–Kier alpha value is -1.16. The van der Waals surface area contributed by atoms with Crippen LogP contribution in [-0.2, 0) is 6.54 Å². The molecule has 0 amide bonds. The molecule has 1 aliphatic heterocycles. The zero-order chi connectivity index (χ0) is 14.7. The van der Waals surface area contributed by atoms with Crippen LogP contribution in [0.5, 0.6) is 0 Å². The van der Waals surface area contributed by atoms with Crippen molar-refractivity contribution < 1.29 is 8.78 Å². The summed E-state index contributed by atoms with van der Waals surface area (Å²) in [6.07, 6.45) is 5.21. The van der Waals surface area contributed by atoms with Gasteiger partial charge in [-0.1, -0.05) is 6.42 Å². The van der Waals surface area contributed by atoms with Crippen molar-refractivity contribution in [3.05, 3.63) is 22.3 Å². The van der Waals surface area contributed by atoms with Crippen molar-refractivity contribution >= 4 is 11.4 Å². The van der Waals surface area contributed by atoms with Gasteiger partial charge in [0.15, 0.2) is 6.17 Å². The molecule has 2 heterocycles. The topological polar surface area (TPSA) is 8.17 Å². The quantitative estimate of drug-likeness (QED) is 0.810. The normalized spacial score (nSPS) is 28.8. The lowest BCUT2D eigenvalue weighted by atomic mass is 9.79. The first-order valence-corrected chi connectivity index (χ1v) is 7.97. The molecule has 0 radical (unpaired) electrons. The fourth-order valence-corrected chi connectivity index (χ4v) is 4.04. The Labute approximate surface area is 123 Å². The van der Waals surface area contributed by atoms with E-state index in [2.05, 4.69) is 29.8 Å². The van der Waals surface area contributed by atoms with Crippen LogP contribution in [0.1, 0.15) is 43.6 Å². The molecule has 2 unspecified atom stereocenters. The summed E-state index contributed by atoms with van der Waals surface area (Å²) in [6.45, 7) is 0.885. The highest BCUT2D eigenvalue weighted by Gasteiger charge is 2.33. The molecule has 114 valence electrons. The molecule has 0 N–H and O–H groups in total. The summed E-state index contributed by atoms with van der Waals surface area (Å²) < 4.78 is 30.8. The molecule has 2 atom stereocenters.